The fourth-order valence-corrected chi connectivity index (χ4v) is 3.78. The first kappa shape index (κ1) is 15.8. The highest BCUT2D eigenvalue weighted by molar-refractivity contribution is 7.17. The van der Waals surface area contributed by atoms with Crippen LogP contribution in [-0.4, -0.2) is 43.1 Å². The fraction of sp³-hybridized carbons (Fsp3) is 0.412. The Balaban J connectivity index is 1.92. The molecule has 1 saturated heterocycles. The number of rotatable bonds is 4. The molecule has 0 unspecified atom stereocenters. The number of benzene rings is 1. The maximum absolute atomic E-state index is 12.6. The summed E-state index contributed by atoms with van der Waals surface area (Å²) in [6, 6.07) is 5.68. The van der Waals surface area contributed by atoms with Gasteiger partial charge in [0.05, 0.1) is 19.9 Å². The summed E-state index contributed by atoms with van der Waals surface area (Å²) >= 11 is 1.44. The number of methoxy groups -OCH3 is 2. The Labute approximate surface area is 139 Å². The lowest BCUT2D eigenvalue weighted by Gasteiger charge is -2.13. The van der Waals surface area contributed by atoms with Crippen LogP contribution in [0.5, 0.6) is 11.5 Å². The first-order valence-corrected chi connectivity index (χ1v) is 8.44. The standard InChI is InChI=1S/C17H20N2O3S/c1-11-15(17(20)19-8-4-5-9-19)23-16(18-11)12-6-7-13(21-2)14(10-12)22-3/h6-7,10H,4-5,8-9H2,1-3H3. The highest BCUT2D eigenvalue weighted by Crippen LogP contribution is 2.35. The molecule has 0 spiro atoms. The van der Waals surface area contributed by atoms with Crippen LogP contribution < -0.4 is 9.47 Å². The van der Waals surface area contributed by atoms with Gasteiger partial charge in [0.1, 0.15) is 9.88 Å². The summed E-state index contributed by atoms with van der Waals surface area (Å²) in [6.45, 7) is 3.59. The van der Waals surface area contributed by atoms with Gasteiger partial charge in [-0.05, 0) is 38.0 Å². The Kier molecular flexibility index (Phi) is 4.52. The van der Waals surface area contributed by atoms with Crippen LogP contribution in [-0.2, 0) is 0 Å². The van der Waals surface area contributed by atoms with Crippen LogP contribution >= 0.6 is 11.3 Å². The number of nitrogens with zero attached hydrogens (tertiary/aromatic N) is 2. The van der Waals surface area contributed by atoms with Gasteiger partial charge in [0, 0.05) is 18.7 Å². The van der Waals surface area contributed by atoms with E-state index in [0.29, 0.717) is 11.5 Å². The van der Waals surface area contributed by atoms with E-state index in [2.05, 4.69) is 4.98 Å². The predicted octanol–water partition coefficient (Wildman–Crippen LogP) is 3.37. The lowest BCUT2D eigenvalue weighted by Crippen LogP contribution is -2.27. The number of likely N-dealkylation sites (tertiary alicyclic amines) is 1. The molecule has 1 aliphatic rings. The summed E-state index contributed by atoms with van der Waals surface area (Å²) in [4.78, 5) is 19.8. The monoisotopic (exact) mass is 332 g/mol. The van der Waals surface area contributed by atoms with E-state index in [4.69, 9.17) is 9.47 Å². The zero-order chi connectivity index (χ0) is 16.4. The summed E-state index contributed by atoms with van der Waals surface area (Å²) in [5, 5.41) is 0.825. The first-order chi connectivity index (χ1) is 11.1. The molecule has 1 aliphatic heterocycles. The summed E-state index contributed by atoms with van der Waals surface area (Å²) in [6.07, 6.45) is 2.18. The van der Waals surface area contributed by atoms with E-state index >= 15 is 0 Å². The van der Waals surface area contributed by atoms with E-state index in [9.17, 15) is 4.79 Å². The molecule has 3 rings (SSSR count). The minimum Gasteiger partial charge on any atom is -0.493 e. The summed E-state index contributed by atoms with van der Waals surface area (Å²) in [5.74, 6) is 1.44. The minimum absolute atomic E-state index is 0.101. The van der Waals surface area contributed by atoms with Crippen LogP contribution in [0.2, 0.25) is 0 Å². The van der Waals surface area contributed by atoms with E-state index in [1.807, 2.05) is 30.0 Å². The Morgan fingerprint density at radius 3 is 2.52 bits per heavy atom. The first-order valence-electron chi connectivity index (χ1n) is 7.63. The van der Waals surface area contributed by atoms with Gasteiger partial charge in [0.25, 0.3) is 5.91 Å². The highest BCUT2D eigenvalue weighted by Gasteiger charge is 2.24. The van der Waals surface area contributed by atoms with Crippen molar-refractivity contribution in [3.05, 3.63) is 28.8 Å². The van der Waals surface area contributed by atoms with Crippen molar-refractivity contribution in [2.75, 3.05) is 27.3 Å². The molecule has 1 amide bonds. The van der Waals surface area contributed by atoms with Gasteiger partial charge >= 0.3 is 0 Å². The third kappa shape index (κ3) is 3.03. The van der Waals surface area contributed by atoms with Gasteiger partial charge in [0.15, 0.2) is 11.5 Å². The number of amides is 1. The molecule has 2 heterocycles. The fourth-order valence-electron chi connectivity index (χ4n) is 2.75. The van der Waals surface area contributed by atoms with Gasteiger partial charge in [-0.25, -0.2) is 4.98 Å². The van der Waals surface area contributed by atoms with Gasteiger partial charge in [0.2, 0.25) is 0 Å². The molecule has 0 N–H and O–H groups in total. The molecule has 23 heavy (non-hydrogen) atoms. The van der Waals surface area contributed by atoms with Gasteiger partial charge in [-0.15, -0.1) is 11.3 Å². The van der Waals surface area contributed by atoms with Crippen molar-refractivity contribution in [3.63, 3.8) is 0 Å². The summed E-state index contributed by atoms with van der Waals surface area (Å²) in [7, 11) is 3.22. The van der Waals surface area contributed by atoms with Crippen molar-refractivity contribution < 1.29 is 14.3 Å². The number of hydrogen-bond donors (Lipinski definition) is 0. The Morgan fingerprint density at radius 2 is 1.87 bits per heavy atom. The smallest absolute Gasteiger partial charge is 0.265 e. The van der Waals surface area contributed by atoms with Crippen molar-refractivity contribution in [3.8, 4) is 22.1 Å². The van der Waals surface area contributed by atoms with Crippen LogP contribution in [0.15, 0.2) is 18.2 Å². The maximum Gasteiger partial charge on any atom is 0.265 e. The number of carbonyl (C=O) groups excluding carboxylic acids is 1. The number of aromatic nitrogens is 1. The molecule has 6 heteroatoms. The van der Waals surface area contributed by atoms with Crippen LogP contribution in [0.1, 0.15) is 28.2 Å². The molecule has 1 aromatic heterocycles. The zero-order valence-corrected chi connectivity index (χ0v) is 14.4. The Morgan fingerprint density at radius 1 is 1.17 bits per heavy atom. The molecular formula is C17H20N2O3S. The number of thiazole rings is 1. The van der Waals surface area contributed by atoms with Gasteiger partial charge in [-0.1, -0.05) is 0 Å². The van der Waals surface area contributed by atoms with E-state index < -0.39 is 0 Å². The molecule has 5 nitrogen and oxygen atoms in total. The van der Waals surface area contributed by atoms with Gasteiger partial charge < -0.3 is 14.4 Å². The lowest BCUT2D eigenvalue weighted by molar-refractivity contribution is 0.0796. The van der Waals surface area contributed by atoms with Crippen molar-refractivity contribution in [2.24, 2.45) is 0 Å². The van der Waals surface area contributed by atoms with Crippen molar-refractivity contribution in [1.29, 1.82) is 0 Å². The second-order valence-corrected chi connectivity index (χ2v) is 6.50. The van der Waals surface area contributed by atoms with E-state index in [1.165, 1.54) is 11.3 Å². The number of hydrogen-bond acceptors (Lipinski definition) is 5. The molecule has 0 radical (unpaired) electrons. The SMILES string of the molecule is COc1ccc(-c2nc(C)c(C(=O)N3CCCC3)s2)cc1OC. The number of carbonyl (C=O) groups is 1. The van der Waals surface area contributed by atoms with Gasteiger partial charge in [-0.3, -0.25) is 4.79 Å². The van der Waals surface area contributed by atoms with Crippen LogP contribution in [0.4, 0.5) is 0 Å². The molecule has 1 aromatic carbocycles. The highest BCUT2D eigenvalue weighted by atomic mass is 32.1. The molecule has 0 saturated carbocycles. The summed E-state index contributed by atoms with van der Waals surface area (Å²) in [5.41, 5.74) is 1.72. The van der Waals surface area contributed by atoms with E-state index in [1.54, 1.807) is 14.2 Å². The Hall–Kier alpha value is -2.08. The van der Waals surface area contributed by atoms with Crippen LogP contribution in [0.3, 0.4) is 0 Å². The number of ether oxygens (including phenoxy) is 2. The average molecular weight is 332 g/mol. The molecule has 1 fully saturated rings. The van der Waals surface area contributed by atoms with Crippen molar-refractivity contribution in [1.82, 2.24) is 9.88 Å². The van der Waals surface area contributed by atoms with Crippen molar-refractivity contribution in [2.45, 2.75) is 19.8 Å². The quantitative estimate of drug-likeness (QED) is 0.861. The Bertz CT molecular complexity index is 721. The van der Waals surface area contributed by atoms with E-state index in [-0.39, 0.29) is 5.91 Å². The number of aryl methyl sites for hydroxylation is 1. The molecular weight excluding hydrogens is 312 g/mol. The molecule has 0 atom stereocenters. The summed E-state index contributed by atoms with van der Waals surface area (Å²) < 4.78 is 10.6. The molecule has 122 valence electrons. The largest absolute Gasteiger partial charge is 0.493 e. The topological polar surface area (TPSA) is 51.7 Å². The third-order valence-corrected chi connectivity index (χ3v) is 5.21. The van der Waals surface area contributed by atoms with Crippen LogP contribution in [0.25, 0.3) is 10.6 Å². The van der Waals surface area contributed by atoms with E-state index in [0.717, 1.165) is 47.1 Å². The van der Waals surface area contributed by atoms with Gasteiger partial charge in [-0.2, -0.15) is 0 Å². The normalized spacial score (nSPS) is 14.1. The molecule has 0 bridgehead atoms. The van der Waals surface area contributed by atoms with Crippen molar-refractivity contribution >= 4 is 17.2 Å². The molecule has 0 aliphatic carbocycles. The maximum atomic E-state index is 12.6. The predicted molar refractivity (Wildman–Crippen MR) is 90.5 cm³/mol. The third-order valence-electron chi connectivity index (χ3n) is 4.01. The average Bonchev–Trinajstić information content (AvgIpc) is 3.23. The van der Waals surface area contributed by atoms with Crippen LogP contribution in [0, 0.1) is 6.92 Å². The zero-order valence-electron chi connectivity index (χ0n) is 13.6. The molecule has 2 aromatic rings. The second-order valence-electron chi connectivity index (χ2n) is 5.50. The second kappa shape index (κ2) is 6.58. The minimum atomic E-state index is 0.101. The lowest BCUT2D eigenvalue weighted by atomic mass is 10.2.